The number of alkyl halides is 2. The van der Waals surface area contributed by atoms with Gasteiger partial charge in [-0.3, -0.25) is 9.78 Å². The van der Waals surface area contributed by atoms with E-state index in [1.54, 1.807) is 42.9 Å². The van der Waals surface area contributed by atoms with Gasteiger partial charge in [-0.1, -0.05) is 0 Å². The predicted molar refractivity (Wildman–Crippen MR) is 120 cm³/mol. The molecule has 1 N–H and O–H groups in total. The molecule has 0 bridgehead atoms. The number of hydrogen-bond acceptors (Lipinski definition) is 6. The molecule has 2 aromatic heterocycles. The standard InChI is InChI=1S/C23H21F2N3O3S/c1-30-18-11-14(8-9-17(18)31-23(24)25)12-27-22-20(16-6-2-3-7-19(16)32-22)21(29)28-15-5-4-10-26-13-15/h4-5,8-13,23H,2-3,6-7H2,1H3,(H,28,29). The van der Waals surface area contributed by atoms with E-state index in [9.17, 15) is 13.6 Å². The Hall–Kier alpha value is -3.33. The fourth-order valence-corrected chi connectivity index (χ4v) is 4.83. The molecule has 0 aliphatic heterocycles. The van der Waals surface area contributed by atoms with Crippen molar-refractivity contribution in [3.8, 4) is 11.5 Å². The quantitative estimate of drug-likeness (QED) is 0.467. The van der Waals surface area contributed by atoms with E-state index >= 15 is 0 Å². The Bertz CT molecular complexity index is 1130. The summed E-state index contributed by atoms with van der Waals surface area (Å²) in [7, 11) is 1.38. The first kappa shape index (κ1) is 21.9. The van der Waals surface area contributed by atoms with Crippen LogP contribution in [0.25, 0.3) is 0 Å². The van der Waals surface area contributed by atoms with E-state index < -0.39 is 6.61 Å². The molecule has 1 aromatic carbocycles. The minimum absolute atomic E-state index is 0.0530. The number of pyridine rings is 1. The Morgan fingerprint density at radius 1 is 1.25 bits per heavy atom. The zero-order valence-corrected chi connectivity index (χ0v) is 18.1. The molecule has 0 atom stereocenters. The number of aliphatic imine (C=N–C) groups is 1. The van der Waals surface area contributed by atoms with Crippen molar-refractivity contribution >= 4 is 34.1 Å². The molecule has 32 heavy (non-hydrogen) atoms. The van der Waals surface area contributed by atoms with Gasteiger partial charge in [0.1, 0.15) is 5.00 Å². The van der Waals surface area contributed by atoms with E-state index in [0.29, 0.717) is 21.8 Å². The fraction of sp³-hybridized carbons (Fsp3) is 0.261. The van der Waals surface area contributed by atoms with E-state index in [4.69, 9.17) is 4.74 Å². The number of rotatable bonds is 7. The van der Waals surface area contributed by atoms with Crippen LogP contribution in [0.15, 0.2) is 47.7 Å². The first-order valence-electron chi connectivity index (χ1n) is 10.1. The molecule has 9 heteroatoms. The summed E-state index contributed by atoms with van der Waals surface area (Å²) in [6, 6.07) is 8.10. The Balaban J connectivity index is 1.64. The van der Waals surface area contributed by atoms with Crippen molar-refractivity contribution in [1.82, 2.24) is 4.98 Å². The molecule has 0 spiro atoms. The second-order valence-electron chi connectivity index (χ2n) is 7.13. The predicted octanol–water partition coefficient (Wildman–Crippen LogP) is 5.63. The summed E-state index contributed by atoms with van der Waals surface area (Å²) in [5, 5.41) is 3.52. The van der Waals surface area contributed by atoms with Gasteiger partial charge < -0.3 is 14.8 Å². The number of anilines is 1. The van der Waals surface area contributed by atoms with Crippen LogP contribution in [0.1, 0.15) is 39.2 Å². The highest BCUT2D eigenvalue weighted by atomic mass is 32.1. The summed E-state index contributed by atoms with van der Waals surface area (Å²) in [5.41, 5.74) is 2.87. The van der Waals surface area contributed by atoms with E-state index in [2.05, 4.69) is 20.0 Å². The van der Waals surface area contributed by atoms with Gasteiger partial charge in [0.2, 0.25) is 0 Å². The van der Waals surface area contributed by atoms with E-state index in [1.165, 1.54) is 29.4 Å². The molecule has 1 amide bonds. The van der Waals surface area contributed by atoms with Crippen molar-refractivity contribution in [3.63, 3.8) is 0 Å². The number of benzene rings is 1. The molecule has 2 heterocycles. The number of halogens is 2. The number of aromatic nitrogens is 1. The average Bonchev–Trinajstić information content (AvgIpc) is 3.17. The molecule has 1 aliphatic rings. The van der Waals surface area contributed by atoms with E-state index in [0.717, 1.165) is 31.2 Å². The van der Waals surface area contributed by atoms with Crippen LogP contribution >= 0.6 is 11.3 Å². The van der Waals surface area contributed by atoms with Gasteiger partial charge in [0.05, 0.1) is 24.6 Å². The van der Waals surface area contributed by atoms with Crippen LogP contribution in [0.4, 0.5) is 19.5 Å². The molecule has 0 fully saturated rings. The number of methoxy groups -OCH3 is 1. The van der Waals surface area contributed by atoms with Crippen LogP contribution in [0.2, 0.25) is 0 Å². The largest absolute Gasteiger partial charge is 0.493 e. The lowest BCUT2D eigenvalue weighted by molar-refractivity contribution is -0.0512. The first-order valence-corrected chi connectivity index (χ1v) is 10.9. The Morgan fingerprint density at radius 3 is 2.84 bits per heavy atom. The number of hydrogen-bond donors (Lipinski definition) is 1. The zero-order valence-electron chi connectivity index (χ0n) is 17.3. The summed E-state index contributed by atoms with van der Waals surface area (Å²) in [4.78, 5) is 22.9. The number of ether oxygens (including phenoxy) is 2. The smallest absolute Gasteiger partial charge is 0.387 e. The molecule has 0 unspecified atom stereocenters. The van der Waals surface area contributed by atoms with Crippen LogP contribution in [-0.4, -0.2) is 30.8 Å². The van der Waals surface area contributed by atoms with Crippen molar-refractivity contribution in [1.29, 1.82) is 0 Å². The van der Waals surface area contributed by atoms with Crippen molar-refractivity contribution in [2.45, 2.75) is 32.3 Å². The number of carbonyl (C=O) groups is 1. The second kappa shape index (κ2) is 9.86. The summed E-state index contributed by atoms with van der Waals surface area (Å²) in [6.07, 6.45) is 8.71. The Morgan fingerprint density at radius 2 is 2.09 bits per heavy atom. The van der Waals surface area contributed by atoms with Crippen LogP contribution in [0.3, 0.4) is 0 Å². The molecule has 3 aromatic rings. The third-order valence-electron chi connectivity index (χ3n) is 5.03. The SMILES string of the molecule is COc1cc(C=Nc2sc3c(c2C(=O)Nc2cccnc2)CCCC3)ccc1OC(F)F. The topological polar surface area (TPSA) is 72.8 Å². The number of fused-ring (bicyclic) bond motifs is 1. The van der Waals surface area contributed by atoms with E-state index in [1.807, 2.05) is 0 Å². The van der Waals surface area contributed by atoms with Crippen LogP contribution in [0.5, 0.6) is 11.5 Å². The van der Waals surface area contributed by atoms with Gasteiger partial charge in [0.25, 0.3) is 5.91 Å². The maximum atomic E-state index is 13.1. The normalized spacial score (nSPS) is 13.2. The highest BCUT2D eigenvalue weighted by Crippen LogP contribution is 2.40. The average molecular weight is 458 g/mol. The van der Waals surface area contributed by atoms with Crippen LogP contribution in [-0.2, 0) is 12.8 Å². The Kier molecular flexibility index (Phi) is 6.75. The lowest BCUT2D eigenvalue weighted by atomic mass is 9.95. The molecule has 0 radical (unpaired) electrons. The highest BCUT2D eigenvalue weighted by Gasteiger charge is 2.25. The summed E-state index contributed by atoms with van der Waals surface area (Å²) in [5.74, 6) is -0.0974. The highest BCUT2D eigenvalue weighted by molar-refractivity contribution is 7.16. The van der Waals surface area contributed by atoms with Crippen molar-refractivity contribution in [2.75, 3.05) is 12.4 Å². The number of thiophene rings is 1. The molecular weight excluding hydrogens is 436 g/mol. The zero-order chi connectivity index (χ0) is 22.5. The lowest BCUT2D eigenvalue weighted by Gasteiger charge is -2.12. The van der Waals surface area contributed by atoms with Crippen molar-refractivity contribution in [3.05, 3.63) is 64.3 Å². The van der Waals surface area contributed by atoms with Gasteiger partial charge in [-0.2, -0.15) is 8.78 Å². The van der Waals surface area contributed by atoms with Gasteiger partial charge in [0.15, 0.2) is 11.5 Å². The number of carbonyl (C=O) groups excluding carboxylic acids is 1. The van der Waals surface area contributed by atoms with Gasteiger partial charge in [-0.15, -0.1) is 11.3 Å². The van der Waals surface area contributed by atoms with E-state index in [-0.39, 0.29) is 17.4 Å². The molecule has 166 valence electrons. The summed E-state index contributed by atoms with van der Waals surface area (Å²) < 4.78 is 34.7. The lowest BCUT2D eigenvalue weighted by Crippen LogP contribution is -2.14. The molecule has 1 aliphatic carbocycles. The minimum Gasteiger partial charge on any atom is -0.493 e. The monoisotopic (exact) mass is 457 g/mol. The number of amides is 1. The molecule has 0 saturated heterocycles. The third-order valence-corrected chi connectivity index (χ3v) is 6.23. The molecular formula is C23H21F2N3O3S. The van der Waals surface area contributed by atoms with Crippen LogP contribution in [0, 0.1) is 0 Å². The molecule has 0 saturated carbocycles. The maximum absolute atomic E-state index is 13.1. The maximum Gasteiger partial charge on any atom is 0.387 e. The first-order chi connectivity index (χ1) is 15.5. The molecule has 4 rings (SSSR count). The van der Waals surface area contributed by atoms with Gasteiger partial charge >= 0.3 is 6.61 Å². The summed E-state index contributed by atoms with van der Waals surface area (Å²) in [6.45, 7) is -2.94. The number of nitrogens with zero attached hydrogens (tertiary/aromatic N) is 2. The Labute approximate surface area is 187 Å². The fourth-order valence-electron chi connectivity index (χ4n) is 3.60. The molecule has 6 nitrogen and oxygen atoms in total. The van der Waals surface area contributed by atoms with Crippen molar-refractivity contribution in [2.24, 2.45) is 4.99 Å². The second-order valence-corrected chi connectivity index (χ2v) is 8.22. The third kappa shape index (κ3) is 4.94. The van der Waals surface area contributed by atoms with Crippen LogP contribution < -0.4 is 14.8 Å². The van der Waals surface area contributed by atoms with Gasteiger partial charge in [-0.05, 0) is 67.1 Å². The van der Waals surface area contributed by atoms with Gasteiger partial charge in [0, 0.05) is 17.3 Å². The number of aryl methyl sites for hydroxylation is 1. The minimum atomic E-state index is -2.94. The summed E-state index contributed by atoms with van der Waals surface area (Å²) >= 11 is 1.51. The number of nitrogens with one attached hydrogen (secondary N) is 1. The van der Waals surface area contributed by atoms with Gasteiger partial charge in [-0.25, -0.2) is 4.99 Å². The van der Waals surface area contributed by atoms with Crippen molar-refractivity contribution < 1.29 is 23.0 Å².